The van der Waals surface area contributed by atoms with Gasteiger partial charge in [0.05, 0.1) is 17.0 Å². The zero-order chi connectivity index (χ0) is 23.6. The van der Waals surface area contributed by atoms with Gasteiger partial charge in [0.1, 0.15) is 0 Å². The SMILES string of the molecule is O=S(=O)(Nc1nn(Cc2ccccc2)c(C(F)(F)F)c1-c1ccc(Cl)cc1)c1ccccc1. The standard InChI is InChI=1S/C23H17ClF3N3O2S/c24-18-13-11-17(12-14-18)20-21(23(25,26)27)30(15-16-7-3-1-4-8-16)28-22(20)29-33(31,32)19-9-5-2-6-10-19/h1-14H,15H2,(H,28,29). The van der Waals surface area contributed by atoms with Crippen molar-refractivity contribution in [3.8, 4) is 11.1 Å². The number of nitrogens with one attached hydrogen (secondary N) is 1. The number of aromatic nitrogens is 2. The number of anilines is 1. The predicted molar refractivity (Wildman–Crippen MR) is 120 cm³/mol. The van der Waals surface area contributed by atoms with Crippen molar-refractivity contribution < 1.29 is 21.6 Å². The summed E-state index contributed by atoms with van der Waals surface area (Å²) in [4.78, 5) is -0.0989. The molecule has 10 heteroatoms. The second-order valence-corrected chi connectivity index (χ2v) is 9.26. The van der Waals surface area contributed by atoms with Crippen LogP contribution in [0.2, 0.25) is 5.02 Å². The fraction of sp³-hybridized carbons (Fsp3) is 0.0870. The molecule has 0 amide bonds. The van der Waals surface area contributed by atoms with Gasteiger partial charge in [-0.3, -0.25) is 9.40 Å². The van der Waals surface area contributed by atoms with E-state index in [2.05, 4.69) is 9.82 Å². The van der Waals surface area contributed by atoms with Gasteiger partial charge in [0.2, 0.25) is 0 Å². The minimum Gasteiger partial charge on any atom is -0.261 e. The van der Waals surface area contributed by atoms with Gasteiger partial charge >= 0.3 is 6.18 Å². The lowest BCUT2D eigenvalue weighted by Crippen LogP contribution is -2.16. The molecule has 1 aromatic heterocycles. The lowest BCUT2D eigenvalue weighted by molar-refractivity contribution is -0.143. The van der Waals surface area contributed by atoms with E-state index in [1.165, 1.54) is 48.5 Å². The van der Waals surface area contributed by atoms with E-state index in [1.807, 2.05) is 0 Å². The Morgan fingerprint density at radius 1 is 0.879 bits per heavy atom. The van der Waals surface area contributed by atoms with Gasteiger partial charge < -0.3 is 0 Å². The van der Waals surface area contributed by atoms with Crippen LogP contribution < -0.4 is 4.72 Å². The molecule has 0 spiro atoms. The summed E-state index contributed by atoms with van der Waals surface area (Å²) in [5.41, 5.74) is -0.753. The summed E-state index contributed by atoms with van der Waals surface area (Å²) in [7, 11) is -4.19. The van der Waals surface area contributed by atoms with E-state index in [9.17, 15) is 21.6 Å². The molecule has 1 N–H and O–H groups in total. The van der Waals surface area contributed by atoms with Gasteiger partial charge in [0.15, 0.2) is 11.5 Å². The lowest BCUT2D eigenvalue weighted by Gasteiger charge is -2.13. The van der Waals surface area contributed by atoms with Crippen LogP contribution in [0.1, 0.15) is 11.3 Å². The second-order valence-electron chi connectivity index (χ2n) is 7.14. The maximum atomic E-state index is 14.3. The quantitative estimate of drug-likeness (QED) is 0.356. The third-order valence-electron chi connectivity index (χ3n) is 4.81. The Hall–Kier alpha value is -3.30. The summed E-state index contributed by atoms with van der Waals surface area (Å²) in [5.74, 6) is -0.426. The molecular formula is C23H17ClF3N3O2S. The van der Waals surface area contributed by atoms with Crippen LogP contribution in [0.25, 0.3) is 11.1 Å². The molecule has 0 radical (unpaired) electrons. The van der Waals surface area contributed by atoms with Crippen molar-refractivity contribution in [2.24, 2.45) is 0 Å². The van der Waals surface area contributed by atoms with Crippen LogP contribution in [0.3, 0.4) is 0 Å². The Morgan fingerprint density at radius 3 is 2.03 bits per heavy atom. The summed E-state index contributed by atoms with van der Waals surface area (Å²) >= 11 is 5.91. The van der Waals surface area contributed by atoms with Crippen LogP contribution in [-0.4, -0.2) is 18.2 Å². The van der Waals surface area contributed by atoms with Crippen molar-refractivity contribution in [1.82, 2.24) is 9.78 Å². The molecule has 5 nitrogen and oxygen atoms in total. The third kappa shape index (κ3) is 5.04. The van der Waals surface area contributed by atoms with E-state index in [4.69, 9.17) is 11.6 Å². The van der Waals surface area contributed by atoms with E-state index < -0.39 is 27.7 Å². The Balaban J connectivity index is 1.91. The van der Waals surface area contributed by atoms with Gasteiger partial charge in [0, 0.05) is 5.02 Å². The molecule has 33 heavy (non-hydrogen) atoms. The Bertz CT molecular complexity index is 1360. The molecule has 0 aliphatic rings. The number of halogens is 4. The minimum atomic E-state index is -4.81. The Labute approximate surface area is 193 Å². The van der Waals surface area contributed by atoms with Crippen molar-refractivity contribution in [2.45, 2.75) is 17.6 Å². The highest BCUT2D eigenvalue weighted by Crippen LogP contribution is 2.42. The number of benzene rings is 3. The maximum Gasteiger partial charge on any atom is 0.433 e. The summed E-state index contributed by atoms with van der Waals surface area (Å²) < 4.78 is 71.7. The summed E-state index contributed by atoms with van der Waals surface area (Å²) in [6.45, 7) is -0.205. The zero-order valence-corrected chi connectivity index (χ0v) is 18.5. The number of sulfonamides is 1. The topological polar surface area (TPSA) is 64.0 Å². The van der Waals surface area contributed by atoms with Crippen molar-refractivity contribution in [3.05, 3.63) is 101 Å². The molecule has 170 valence electrons. The van der Waals surface area contributed by atoms with Crippen molar-refractivity contribution in [1.29, 1.82) is 0 Å². The minimum absolute atomic E-state index is 0.0989. The molecule has 0 aliphatic heterocycles. The van der Waals surface area contributed by atoms with Gasteiger partial charge in [-0.25, -0.2) is 8.42 Å². The molecule has 0 bridgehead atoms. The smallest absolute Gasteiger partial charge is 0.261 e. The first-order chi connectivity index (χ1) is 15.6. The second kappa shape index (κ2) is 8.92. The summed E-state index contributed by atoms with van der Waals surface area (Å²) in [6.07, 6.45) is -4.81. The highest BCUT2D eigenvalue weighted by molar-refractivity contribution is 7.92. The normalized spacial score (nSPS) is 12.0. The van der Waals surface area contributed by atoms with Gasteiger partial charge in [-0.1, -0.05) is 72.3 Å². The number of hydrogen-bond donors (Lipinski definition) is 1. The highest BCUT2D eigenvalue weighted by atomic mass is 35.5. The first kappa shape index (κ1) is 22.9. The van der Waals surface area contributed by atoms with E-state index in [0.29, 0.717) is 10.6 Å². The van der Waals surface area contributed by atoms with Gasteiger partial charge in [-0.2, -0.15) is 18.3 Å². The molecule has 0 saturated heterocycles. The first-order valence-electron chi connectivity index (χ1n) is 9.71. The average Bonchev–Trinajstić information content (AvgIpc) is 3.13. The molecular weight excluding hydrogens is 475 g/mol. The summed E-state index contributed by atoms with van der Waals surface area (Å²) in [5, 5.41) is 4.38. The maximum absolute atomic E-state index is 14.3. The van der Waals surface area contributed by atoms with Crippen LogP contribution in [-0.2, 0) is 22.7 Å². The number of rotatable bonds is 6. The lowest BCUT2D eigenvalue weighted by atomic mass is 10.0. The largest absolute Gasteiger partial charge is 0.433 e. The van der Waals surface area contributed by atoms with Crippen LogP contribution in [0.5, 0.6) is 0 Å². The zero-order valence-electron chi connectivity index (χ0n) is 16.9. The molecule has 3 aromatic carbocycles. The molecule has 0 fully saturated rings. The Morgan fingerprint density at radius 2 is 1.45 bits per heavy atom. The third-order valence-corrected chi connectivity index (χ3v) is 6.42. The van der Waals surface area contributed by atoms with Crippen molar-refractivity contribution >= 4 is 27.4 Å². The molecule has 0 aliphatic carbocycles. The average molecular weight is 492 g/mol. The molecule has 0 saturated carbocycles. The number of alkyl halides is 3. The molecule has 1 heterocycles. The van der Waals surface area contributed by atoms with Crippen LogP contribution >= 0.6 is 11.6 Å². The number of nitrogens with zero attached hydrogens (tertiary/aromatic N) is 2. The Kier molecular flexibility index (Phi) is 6.18. The van der Waals surface area contributed by atoms with Crippen LogP contribution in [0.15, 0.2) is 89.8 Å². The molecule has 4 rings (SSSR count). The summed E-state index contributed by atoms with van der Waals surface area (Å²) in [6, 6.07) is 21.5. The monoisotopic (exact) mass is 491 g/mol. The van der Waals surface area contributed by atoms with Gasteiger partial charge in [-0.05, 0) is 35.4 Å². The number of hydrogen-bond acceptors (Lipinski definition) is 3. The van der Waals surface area contributed by atoms with Crippen LogP contribution in [0.4, 0.5) is 19.0 Å². The fourth-order valence-electron chi connectivity index (χ4n) is 3.37. The van der Waals surface area contributed by atoms with Crippen molar-refractivity contribution in [3.63, 3.8) is 0 Å². The van der Waals surface area contributed by atoms with E-state index in [0.717, 1.165) is 4.68 Å². The first-order valence-corrected chi connectivity index (χ1v) is 11.6. The van der Waals surface area contributed by atoms with E-state index in [1.54, 1.807) is 36.4 Å². The van der Waals surface area contributed by atoms with Crippen LogP contribution in [0, 0.1) is 0 Å². The molecule has 4 aromatic rings. The van der Waals surface area contributed by atoms with Gasteiger partial charge in [-0.15, -0.1) is 0 Å². The highest BCUT2D eigenvalue weighted by Gasteiger charge is 2.41. The fourth-order valence-corrected chi connectivity index (χ4v) is 4.52. The van der Waals surface area contributed by atoms with Crippen molar-refractivity contribution in [2.75, 3.05) is 4.72 Å². The van der Waals surface area contributed by atoms with Gasteiger partial charge in [0.25, 0.3) is 10.0 Å². The molecule has 0 unspecified atom stereocenters. The van der Waals surface area contributed by atoms with E-state index in [-0.39, 0.29) is 22.6 Å². The predicted octanol–water partition coefficient (Wildman–Crippen LogP) is 6.07. The molecule has 0 atom stereocenters. The van der Waals surface area contributed by atoms with E-state index >= 15 is 0 Å².